The van der Waals surface area contributed by atoms with Gasteiger partial charge in [0.05, 0.1) is 19.9 Å². The Labute approximate surface area is 185 Å². The summed E-state index contributed by atoms with van der Waals surface area (Å²) in [5.74, 6) is 1.07. The number of nitrogens with one attached hydrogen (secondary N) is 1. The van der Waals surface area contributed by atoms with Crippen molar-refractivity contribution in [3.05, 3.63) is 82.9 Å². The normalized spacial score (nSPS) is 10.8. The fourth-order valence-electron chi connectivity index (χ4n) is 3.49. The Morgan fingerprint density at radius 3 is 2.53 bits per heavy atom. The molecule has 0 aliphatic rings. The highest BCUT2D eigenvalue weighted by molar-refractivity contribution is 5.76. The average Bonchev–Trinajstić information content (AvgIpc) is 3.27. The van der Waals surface area contributed by atoms with Crippen LogP contribution in [0.1, 0.15) is 5.56 Å². The van der Waals surface area contributed by atoms with E-state index in [1.54, 1.807) is 32.7 Å². The van der Waals surface area contributed by atoms with E-state index in [1.807, 2.05) is 48.5 Å². The predicted molar refractivity (Wildman–Crippen MR) is 121 cm³/mol. The number of nitrogens with zero attached hydrogens (tertiary/aromatic N) is 3. The van der Waals surface area contributed by atoms with Crippen LogP contribution in [0.25, 0.3) is 16.8 Å². The predicted octanol–water partition coefficient (Wildman–Crippen LogP) is 2.54. The molecule has 0 aliphatic carbocycles. The van der Waals surface area contributed by atoms with Crippen LogP contribution in [0.2, 0.25) is 0 Å². The Bertz CT molecular complexity index is 1290. The van der Waals surface area contributed by atoms with Gasteiger partial charge in [-0.25, -0.2) is 4.52 Å². The Hall–Kier alpha value is -4.07. The molecule has 164 valence electrons. The Kier molecular flexibility index (Phi) is 6.21. The largest absolute Gasteiger partial charge is 0.493 e. The van der Waals surface area contributed by atoms with Crippen molar-refractivity contribution in [1.82, 2.24) is 19.5 Å². The minimum absolute atomic E-state index is 0.0624. The van der Waals surface area contributed by atoms with Crippen LogP contribution in [0.4, 0.5) is 0 Å². The molecule has 8 nitrogen and oxygen atoms in total. The zero-order valence-corrected chi connectivity index (χ0v) is 17.9. The number of aromatic nitrogens is 3. The van der Waals surface area contributed by atoms with E-state index in [9.17, 15) is 9.59 Å². The van der Waals surface area contributed by atoms with Crippen LogP contribution in [0.5, 0.6) is 11.5 Å². The quantitative estimate of drug-likeness (QED) is 0.462. The lowest BCUT2D eigenvalue weighted by atomic mass is 10.1. The van der Waals surface area contributed by atoms with Crippen LogP contribution in [-0.2, 0) is 17.8 Å². The summed E-state index contributed by atoms with van der Waals surface area (Å²) < 4.78 is 13.5. The number of fused-ring (bicyclic) bond motifs is 1. The van der Waals surface area contributed by atoms with Gasteiger partial charge in [0.2, 0.25) is 5.91 Å². The number of rotatable bonds is 8. The summed E-state index contributed by atoms with van der Waals surface area (Å²) >= 11 is 0. The van der Waals surface area contributed by atoms with Crippen molar-refractivity contribution >= 4 is 11.4 Å². The maximum atomic E-state index is 12.8. The summed E-state index contributed by atoms with van der Waals surface area (Å²) in [6, 6.07) is 17.0. The van der Waals surface area contributed by atoms with E-state index in [0.717, 1.165) is 11.1 Å². The van der Waals surface area contributed by atoms with Gasteiger partial charge in [0.25, 0.3) is 5.56 Å². The van der Waals surface area contributed by atoms with Crippen molar-refractivity contribution in [2.45, 2.75) is 13.0 Å². The molecular weight excluding hydrogens is 408 g/mol. The summed E-state index contributed by atoms with van der Waals surface area (Å²) in [5.41, 5.74) is 2.80. The first-order valence-electron chi connectivity index (χ1n) is 10.2. The lowest BCUT2D eigenvalue weighted by molar-refractivity contribution is -0.121. The van der Waals surface area contributed by atoms with Gasteiger partial charge in [-0.15, -0.1) is 0 Å². The highest BCUT2D eigenvalue weighted by Crippen LogP contribution is 2.27. The lowest BCUT2D eigenvalue weighted by Crippen LogP contribution is -2.33. The fourth-order valence-corrected chi connectivity index (χ4v) is 3.49. The van der Waals surface area contributed by atoms with E-state index in [2.05, 4.69) is 10.4 Å². The first-order valence-corrected chi connectivity index (χ1v) is 10.2. The van der Waals surface area contributed by atoms with E-state index >= 15 is 0 Å². The van der Waals surface area contributed by atoms with Crippen LogP contribution >= 0.6 is 0 Å². The van der Waals surface area contributed by atoms with E-state index in [4.69, 9.17) is 9.47 Å². The third-order valence-corrected chi connectivity index (χ3v) is 5.17. The molecule has 32 heavy (non-hydrogen) atoms. The SMILES string of the molecule is COc1ccc(CCNC(=O)Cn2ccn3nc(-c4ccccc4)cc3c2=O)cc1OC. The van der Waals surface area contributed by atoms with Gasteiger partial charge in [-0.1, -0.05) is 36.4 Å². The number of methoxy groups -OCH3 is 2. The minimum Gasteiger partial charge on any atom is -0.493 e. The molecule has 8 heteroatoms. The number of hydrogen-bond acceptors (Lipinski definition) is 5. The van der Waals surface area contributed by atoms with Crippen LogP contribution in [0.3, 0.4) is 0 Å². The van der Waals surface area contributed by atoms with Gasteiger partial charge >= 0.3 is 0 Å². The zero-order valence-electron chi connectivity index (χ0n) is 17.9. The first kappa shape index (κ1) is 21.2. The maximum absolute atomic E-state index is 12.8. The molecule has 4 rings (SSSR count). The van der Waals surface area contributed by atoms with Gasteiger partial charge < -0.3 is 19.4 Å². The second-order valence-corrected chi connectivity index (χ2v) is 7.25. The van der Waals surface area contributed by atoms with Crippen LogP contribution < -0.4 is 20.3 Å². The molecule has 0 radical (unpaired) electrons. The van der Waals surface area contributed by atoms with Gasteiger partial charge in [-0.05, 0) is 30.2 Å². The summed E-state index contributed by atoms with van der Waals surface area (Å²) in [4.78, 5) is 25.2. The highest BCUT2D eigenvalue weighted by atomic mass is 16.5. The van der Waals surface area contributed by atoms with Crippen LogP contribution in [0, 0.1) is 0 Å². The second-order valence-electron chi connectivity index (χ2n) is 7.25. The second kappa shape index (κ2) is 9.38. The molecule has 0 unspecified atom stereocenters. The molecule has 0 aliphatic heterocycles. The number of amides is 1. The maximum Gasteiger partial charge on any atom is 0.277 e. The molecular formula is C24H24N4O4. The number of carbonyl (C=O) groups excluding carboxylic acids is 1. The van der Waals surface area contributed by atoms with Gasteiger partial charge in [0, 0.05) is 24.5 Å². The molecule has 0 atom stereocenters. The standard InChI is InChI=1S/C24H24N4O4/c1-31-21-9-8-17(14-22(21)32-2)10-11-25-23(29)16-27-12-13-28-20(24(27)30)15-19(26-28)18-6-4-3-5-7-18/h3-9,12-15H,10-11,16H2,1-2H3,(H,25,29). The van der Waals surface area contributed by atoms with Gasteiger partial charge in [0.15, 0.2) is 11.5 Å². The van der Waals surface area contributed by atoms with Gasteiger partial charge in [0.1, 0.15) is 12.1 Å². The number of benzene rings is 2. The van der Waals surface area contributed by atoms with E-state index in [1.165, 1.54) is 9.08 Å². The van der Waals surface area contributed by atoms with Crippen LogP contribution in [-0.4, -0.2) is 40.9 Å². The number of hydrogen-bond donors (Lipinski definition) is 1. The average molecular weight is 432 g/mol. The molecule has 2 heterocycles. The minimum atomic E-state index is -0.266. The summed E-state index contributed by atoms with van der Waals surface area (Å²) in [7, 11) is 3.17. The van der Waals surface area contributed by atoms with E-state index in [-0.39, 0.29) is 18.0 Å². The van der Waals surface area contributed by atoms with Crippen molar-refractivity contribution < 1.29 is 14.3 Å². The zero-order chi connectivity index (χ0) is 22.5. The summed E-state index contributed by atoms with van der Waals surface area (Å²) in [6.45, 7) is 0.378. The summed E-state index contributed by atoms with van der Waals surface area (Å²) in [6.07, 6.45) is 3.88. The monoisotopic (exact) mass is 432 g/mol. The molecule has 0 spiro atoms. The molecule has 4 aromatic rings. The summed E-state index contributed by atoms with van der Waals surface area (Å²) in [5, 5.41) is 7.32. The molecule has 2 aromatic carbocycles. The molecule has 1 N–H and O–H groups in total. The Morgan fingerprint density at radius 1 is 1.00 bits per heavy atom. The molecule has 1 amide bonds. The third-order valence-electron chi connectivity index (χ3n) is 5.17. The van der Waals surface area contributed by atoms with Crippen molar-refractivity contribution in [3.8, 4) is 22.8 Å². The molecule has 0 bridgehead atoms. The van der Waals surface area contributed by atoms with Crippen molar-refractivity contribution in [1.29, 1.82) is 0 Å². The molecule has 0 saturated heterocycles. The van der Waals surface area contributed by atoms with Crippen molar-refractivity contribution in [3.63, 3.8) is 0 Å². The fraction of sp³-hybridized carbons (Fsp3) is 0.208. The highest BCUT2D eigenvalue weighted by Gasteiger charge is 2.11. The lowest BCUT2D eigenvalue weighted by Gasteiger charge is -2.10. The van der Waals surface area contributed by atoms with E-state index in [0.29, 0.717) is 35.7 Å². The van der Waals surface area contributed by atoms with Crippen molar-refractivity contribution in [2.24, 2.45) is 0 Å². The molecule has 0 fully saturated rings. The Balaban J connectivity index is 1.40. The van der Waals surface area contributed by atoms with E-state index < -0.39 is 0 Å². The van der Waals surface area contributed by atoms with Crippen molar-refractivity contribution in [2.75, 3.05) is 20.8 Å². The van der Waals surface area contributed by atoms with Gasteiger partial charge in [-0.2, -0.15) is 5.10 Å². The smallest absolute Gasteiger partial charge is 0.277 e. The number of ether oxygens (including phenoxy) is 2. The van der Waals surface area contributed by atoms with Crippen LogP contribution in [0.15, 0.2) is 71.8 Å². The topological polar surface area (TPSA) is 86.9 Å². The number of carbonyl (C=O) groups is 1. The molecule has 2 aromatic heterocycles. The van der Waals surface area contributed by atoms with Gasteiger partial charge in [-0.3, -0.25) is 9.59 Å². The first-order chi connectivity index (χ1) is 15.6. The molecule has 0 saturated carbocycles. The third kappa shape index (κ3) is 4.49. The Morgan fingerprint density at radius 2 is 1.78 bits per heavy atom.